The van der Waals surface area contributed by atoms with E-state index in [1.807, 2.05) is 6.92 Å². The molecular weight excluding hydrogens is 230 g/mol. The molecule has 0 unspecified atom stereocenters. The van der Waals surface area contributed by atoms with Crippen LogP contribution in [0.5, 0.6) is 0 Å². The Morgan fingerprint density at radius 1 is 1.54 bits per heavy atom. The van der Waals surface area contributed by atoms with Gasteiger partial charge in [0, 0.05) is 18.4 Å². The van der Waals surface area contributed by atoms with Gasteiger partial charge in [-0.25, -0.2) is 0 Å². The molecule has 72 valence electrons. The fourth-order valence-corrected chi connectivity index (χ4v) is 1.57. The number of hydrogen-bond donors (Lipinski definition) is 0. The van der Waals surface area contributed by atoms with Gasteiger partial charge in [0.05, 0.1) is 6.20 Å². The average Bonchev–Trinajstić information content (AvgIpc) is 2.14. The molecule has 0 radical (unpaired) electrons. The van der Waals surface area contributed by atoms with Crippen LogP contribution in [-0.4, -0.2) is 28.6 Å². The van der Waals surface area contributed by atoms with Crippen LogP contribution in [0.4, 0.5) is 5.82 Å². The third-order valence-corrected chi connectivity index (χ3v) is 2.19. The summed E-state index contributed by atoms with van der Waals surface area (Å²) in [7, 11) is 0. The minimum atomic E-state index is 0.955. The Bertz CT molecular complexity index is 265. The van der Waals surface area contributed by atoms with Crippen molar-refractivity contribution in [3.63, 3.8) is 0 Å². The topological polar surface area (TPSA) is 29.0 Å². The molecule has 4 heteroatoms. The Labute approximate surface area is 87.3 Å². The number of aromatic nitrogens is 2. The van der Waals surface area contributed by atoms with Gasteiger partial charge in [-0.3, -0.25) is 0 Å². The molecule has 1 rings (SSSR count). The standard InChI is InChI=1S/C9H14BrN3/c1-3-13(5-4-10)9-6-8(2)7-11-12-9/h6-7H,3-5H2,1-2H3. The summed E-state index contributed by atoms with van der Waals surface area (Å²) < 4.78 is 0. The summed E-state index contributed by atoms with van der Waals surface area (Å²) in [4.78, 5) is 2.19. The van der Waals surface area contributed by atoms with Crippen LogP contribution in [0.15, 0.2) is 12.3 Å². The van der Waals surface area contributed by atoms with E-state index in [-0.39, 0.29) is 0 Å². The van der Waals surface area contributed by atoms with E-state index in [0.29, 0.717) is 0 Å². The maximum absolute atomic E-state index is 4.08. The van der Waals surface area contributed by atoms with Crippen molar-refractivity contribution in [2.24, 2.45) is 0 Å². The minimum Gasteiger partial charge on any atom is -0.355 e. The van der Waals surface area contributed by atoms with E-state index >= 15 is 0 Å². The summed E-state index contributed by atoms with van der Waals surface area (Å²) in [5.41, 5.74) is 1.15. The van der Waals surface area contributed by atoms with Crippen molar-refractivity contribution in [1.29, 1.82) is 0 Å². The molecule has 3 nitrogen and oxygen atoms in total. The quantitative estimate of drug-likeness (QED) is 0.758. The lowest BCUT2D eigenvalue weighted by Crippen LogP contribution is -2.26. The lowest BCUT2D eigenvalue weighted by molar-refractivity contribution is 0.828. The largest absolute Gasteiger partial charge is 0.355 e. The molecule has 0 aromatic carbocycles. The molecule has 1 aromatic rings. The number of aryl methyl sites for hydroxylation is 1. The van der Waals surface area contributed by atoms with Gasteiger partial charge >= 0.3 is 0 Å². The predicted octanol–water partition coefficient (Wildman–Crippen LogP) is 2.01. The van der Waals surface area contributed by atoms with Crippen LogP contribution >= 0.6 is 15.9 Å². The first kappa shape index (κ1) is 10.4. The van der Waals surface area contributed by atoms with Crippen molar-refractivity contribution in [3.05, 3.63) is 17.8 Å². The van der Waals surface area contributed by atoms with E-state index in [0.717, 1.165) is 29.8 Å². The minimum absolute atomic E-state index is 0.955. The molecule has 0 aliphatic heterocycles. The van der Waals surface area contributed by atoms with E-state index in [9.17, 15) is 0 Å². The first-order chi connectivity index (χ1) is 6.27. The normalized spacial score (nSPS) is 10.1. The lowest BCUT2D eigenvalue weighted by Gasteiger charge is -2.19. The number of halogens is 1. The summed E-state index contributed by atoms with van der Waals surface area (Å²) in [6, 6.07) is 2.05. The zero-order valence-corrected chi connectivity index (χ0v) is 9.58. The molecule has 13 heavy (non-hydrogen) atoms. The maximum atomic E-state index is 4.08. The van der Waals surface area contributed by atoms with E-state index in [4.69, 9.17) is 0 Å². The average molecular weight is 244 g/mol. The molecule has 1 aromatic heterocycles. The van der Waals surface area contributed by atoms with Crippen LogP contribution < -0.4 is 4.90 Å². The highest BCUT2D eigenvalue weighted by Crippen LogP contribution is 2.10. The third-order valence-electron chi connectivity index (χ3n) is 1.84. The smallest absolute Gasteiger partial charge is 0.151 e. The Kier molecular flexibility index (Phi) is 4.15. The third kappa shape index (κ3) is 2.95. The Balaban J connectivity index is 2.78. The van der Waals surface area contributed by atoms with Crippen molar-refractivity contribution in [3.8, 4) is 0 Å². The molecule has 0 saturated carbocycles. The molecule has 0 saturated heterocycles. The second kappa shape index (κ2) is 5.17. The Hall–Kier alpha value is -0.640. The summed E-state index contributed by atoms with van der Waals surface area (Å²) in [5.74, 6) is 0.960. The zero-order valence-electron chi connectivity index (χ0n) is 8.00. The van der Waals surface area contributed by atoms with Gasteiger partial charge in [0.2, 0.25) is 0 Å². The van der Waals surface area contributed by atoms with Crippen LogP contribution in [0.3, 0.4) is 0 Å². The second-order valence-electron chi connectivity index (χ2n) is 2.86. The van der Waals surface area contributed by atoms with Gasteiger partial charge in [-0.2, -0.15) is 5.10 Å². The van der Waals surface area contributed by atoms with Crippen LogP contribution in [0.2, 0.25) is 0 Å². The maximum Gasteiger partial charge on any atom is 0.151 e. The van der Waals surface area contributed by atoms with Gasteiger partial charge in [0.1, 0.15) is 0 Å². The second-order valence-corrected chi connectivity index (χ2v) is 3.65. The Morgan fingerprint density at radius 2 is 2.31 bits per heavy atom. The number of rotatable bonds is 4. The number of nitrogens with zero attached hydrogens (tertiary/aromatic N) is 3. The van der Waals surface area contributed by atoms with E-state index in [2.05, 4.69) is 44.0 Å². The highest BCUT2D eigenvalue weighted by atomic mass is 79.9. The van der Waals surface area contributed by atoms with Crippen molar-refractivity contribution in [2.45, 2.75) is 13.8 Å². The molecule has 0 aliphatic rings. The number of alkyl halides is 1. The highest BCUT2D eigenvalue weighted by Gasteiger charge is 2.04. The molecule has 1 heterocycles. The van der Waals surface area contributed by atoms with Gasteiger partial charge in [-0.05, 0) is 25.5 Å². The molecule has 0 N–H and O–H groups in total. The first-order valence-corrected chi connectivity index (χ1v) is 5.50. The SMILES string of the molecule is CCN(CCBr)c1cc(C)cnn1. The zero-order chi connectivity index (χ0) is 9.68. The number of anilines is 1. The predicted molar refractivity (Wildman–Crippen MR) is 58.5 cm³/mol. The molecule has 0 amide bonds. The van der Waals surface area contributed by atoms with E-state index in [1.165, 1.54) is 0 Å². The van der Waals surface area contributed by atoms with Gasteiger partial charge in [-0.1, -0.05) is 15.9 Å². The van der Waals surface area contributed by atoms with Crippen molar-refractivity contribution >= 4 is 21.7 Å². The molecular formula is C9H14BrN3. The van der Waals surface area contributed by atoms with Crippen LogP contribution in [0.1, 0.15) is 12.5 Å². The van der Waals surface area contributed by atoms with Crippen LogP contribution in [-0.2, 0) is 0 Å². The van der Waals surface area contributed by atoms with Crippen LogP contribution in [0, 0.1) is 6.92 Å². The number of hydrogen-bond acceptors (Lipinski definition) is 3. The summed E-state index contributed by atoms with van der Waals surface area (Å²) >= 11 is 3.42. The summed E-state index contributed by atoms with van der Waals surface area (Å²) in [5, 5.41) is 8.97. The van der Waals surface area contributed by atoms with Gasteiger partial charge in [0.15, 0.2) is 5.82 Å². The van der Waals surface area contributed by atoms with Gasteiger partial charge in [-0.15, -0.1) is 5.10 Å². The first-order valence-electron chi connectivity index (χ1n) is 4.38. The van der Waals surface area contributed by atoms with E-state index in [1.54, 1.807) is 6.20 Å². The van der Waals surface area contributed by atoms with Crippen molar-refractivity contribution < 1.29 is 0 Å². The van der Waals surface area contributed by atoms with Gasteiger partial charge in [0.25, 0.3) is 0 Å². The van der Waals surface area contributed by atoms with Gasteiger partial charge < -0.3 is 4.90 Å². The summed E-state index contributed by atoms with van der Waals surface area (Å²) in [6.45, 7) is 6.07. The van der Waals surface area contributed by atoms with Crippen molar-refractivity contribution in [1.82, 2.24) is 10.2 Å². The monoisotopic (exact) mass is 243 g/mol. The fraction of sp³-hybridized carbons (Fsp3) is 0.556. The summed E-state index contributed by atoms with van der Waals surface area (Å²) in [6.07, 6.45) is 1.77. The molecule has 0 atom stereocenters. The highest BCUT2D eigenvalue weighted by molar-refractivity contribution is 9.09. The molecule has 0 spiro atoms. The Morgan fingerprint density at radius 3 is 2.85 bits per heavy atom. The van der Waals surface area contributed by atoms with Crippen molar-refractivity contribution in [2.75, 3.05) is 23.3 Å². The molecule has 0 bridgehead atoms. The van der Waals surface area contributed by atoms with E-state index < -0.39 is 0 Å². The molecule has 0 aliphatic carbocycles. The molecule has 0 fully saturated rings. The fourth-order valence-electron chi connectivity index (χ4n) is 1.14. The van der Waals surface area contributed by atoms with Crippen LogP contribution in [0.25, 0.3) is 0 Å². The lowest BCUT2D eigenvalue weighted by atomic mass is 10.3.